The number of methoxy groups -OCH3 is 2. The van der Waals surface area contributed by atoms with Crippen LogP contribution in [-0.2, 0) is 0 Å². The van der Waals surface area contributed by atoms with Crippen molar-refractivity contribution in [2.45, 2.75) is 4.90 Å². The highest BCUT2D eigenvalue weighted by Gasteiger charge is 2.12. The summed E-state index contributed by atoms with van der Waals surface area (Å²) in [5.74, 6) is 1.12. The van der Waals surface area contributed by atoms with Crippen LogP contribution in [0.4, 0.5) is 5.13 Å². The number of carbonyl (C=O) groups excluding carboxylic acids is 1. The summed E-state index contributed by atoms with van der Waals surface area (Å²) in [5, 5.41) is 5.29. The molecule has 0 spiro atoms. The van der Waals surface area contributed by atoms with E-state index in [1.165, 1.54) is 11.3 Å². The van der Waals surface area contributed by atoms with Gasteiger partial charge in [-0.05, 0) is 48.7 Å². The van der Waals surface area contributed by atoms with Gasteiger partial charge >= 0.3 is 0 Å². The van der Waals surface area contributed by atoms with E-state index in [1.54, 1.807) is 26.0 Å². The van der Waals surface area contributed by atoms with Gasteiger partial charge < -0.3 is 9.47 Å². The highest BCUT2D eigenvalue weighted by Crippen LogP contribution is 2.33. The quantitative estimate of drug-likeness (QED) is 0.617. The first-order chi connectivity index (χ1) is 12.6. The third-order valence-electron chi connectivity index (χ3n) is 3.76. The number of thioether (sulfide) groups is 1. The molecule has 134 valence electrons. The number of benzene rings is 2. The van der Waals surface area contributed by atoms with Crippen molar-refractivity contribution in [2.24, 2.45) is 0 Å². The zero-order valence-corrected chi connectivity index (χ0v) is 16.2. The highest BCUT2D eigenvalue weighted by atomic mass is 32.2. The fraction of sp³-hybridized carbons (Fsp3) is 0.158. The second-order valence-electron chi connectivity index (χ2n) is 5.29. The van der Waals surface area contributed by atoms with Gasteiger partial charge in [-0.1, -0.05) is 0 Å². The maximum atomic E-state index is 12.4. The lowest BCUT2D eigenvalue weighted by Gasteiger charge is -2.08. The average molecular weight is 386 g/mol. The van der Waals surface area contributed by atoms with E-state index in [2.05, 4.69) is 10.3 Å². The molecule has 0 unspecified atom stereocenters. The largest absolute Gasteiger partial charge is 0.493 e. The standard InChI is InChI=1S/C19H18N2O3S2/c1-23-16-9-6-13(10-17(16)24-2)15-11-26-19(20-15)21-18(22)12-4-7-14(25-3)8-5-12/h4-11H,1-3H3,(H,20,21,22). The summed E-state index contributed by atoms with van der Waals surface area (Å²) in [7, 11) is 3.19. The van der Waals surface area contributed by atoms with Gasteiger partial charge in [0.25, 0.3) is 5.91 Å². The topological polar surface area (TPSA) is 60.5 Å². The second-order valence-corrected chi connectivity index (χ2v) is 7.03. The number of anilines is 1. The van der Waals surface area contributed by atoms with Crippen molar-refractivity contribution in [3.63, 3.8) is 0 Å². The Kier molecular flexibility index (Phi) is 5.80. The van der Waals surface area contributed by atoms with E-state index in [9.17, 15) is 4.79 Å². The van der Waals surface area contributed by atoms with Crippen LogP contribution in [0.15, 0.2) is 52.7 Å². The number of ether oxygens (including phenoxy) is 2. The van der Waals surface area contributed by atoms with E-state index in [4.69, 9.17) is 9.47 Å². The molecule has 1 amide bonds. The summed E-state index contributed by atoms with van der Waals surface area (Å²) in [4.78, 5) is 18.0. The Morgan fingerprint density at radius 1 is 1.08 bits per heavy atom. The van der Waals surface area contributed by atoms with Gasteiger partial charge in [-0.2, -0.15) is 0 Å². The lowest BCUT2D eigenvalue weighted by molar-refractivity contribution is 0.102. The van der Waals surface area contributed by atoms with Crippen LogP contribution in [0.25, 0.3) is 11.3 Å². The summed E-state index contributed by atoms with van der Waals surface area (Å²) in [6, 6.07) is 13.1. The predicted octanol–water partition coefficient (Wildman–Crippen LogP) is 4.80. The maximum Gasteiger partial charge on any atom is 0.257 e. The van der Waals surface area contributed by atoms with Crippen molar-refractivity contribution < 1.29 is 14.3 Å². The number of rotatable bonds is 6. The van der Waals surface area contributed by atoms with Crippen LogP contribution in [0.2, 0.25) is 0 Å². The lowest BCUT2D eigenvalue weighted by Crippen LogP contribution is -2.11. The minimum atomic E-state index is -0.175. The molecule has 0 aliphatic rings. The Hall–Kier alpha value is -2.51. The van der Waals surface area contributed by atoms with E-state index in [-0.39, 0.29) is 5.91 Å². The van der Waals surface area contributed by atoms with Gasteiger partial charge in [-0.15, -0.1) is 23.1 Å². The molecule has 1 heterocycles. The first kappa shape index (κ1) is 18.3. The Balaban J connectivity index is 1.76. The van der Waals surface area contributed by atoms with Gasteiger partial charge in [-0.25, -0.2) is 4.98 Å². The van der Waals surface area contributed by atoms with Gasteiger partial charge in [0.1, 0.15) is 0 Å². The molecule has 7 heteroatoms. The molecule has 0 aliphatic heterocycles. The first-order valence-corrected chi connectivity index (χ1v) is 9.88. The summed E-state index contributed by atoms with van der Waals surface area (Å²) in [5.41, 5.74) is 2.26. The Labute approximate surface area is 160 Å². The summed E-state index contributed by atoms with van der Waals surface area (Å²) in [6.45, 7) is 0. The zero-order chi connectivity index (χ0) is 18.5. The molecule has 2 aromatic carbocycles. The minimum Gasteiger partial charge on any atom is -0.493 e. The molecule has 0 saturated heterocycles. The van der Waals surface area contributed by atoms with Gasteiger partial charge in [-0.3, -0.25) is 10.1 Å². The molecule has 1 aromatic heterocycles. The van der Waals surface area contributed by atoms with Crippen LogP contribution in [-0.4, -0.2) is 31.4 Å². The van der Waals surface area contributed by atoms with Crippen molar-refractivity contribution in [1.82, 2.24) is 4.98 Å². The predicted molar refractivity (Wildman–Crippen MR) is 107 cm³/mol. The molecule has 3 aromatic rings. The molecule has 26 heavy (non-hydrogen) atoms. The number of hydrogen-bond acceptors (Lipinski definition) is 6. The number of carbonyl (C=O) groups is 1. The molecule has 0 bridgehead atoms. The first-order valence-electron chi connectivity index (χ1n) is 7.78. The number of nitrogens with zero attached hydrogens (tertiary/aromatic N) is 1. The average Bonchev–Trinajstić information content (AvgIpc) is 3.15. The monoisotopic (exact) mass is 386 g/mol. The lowest BCUT2D eigenvalue weighted by atomic mass is 10.1. The molecule has 0 atom stereocenters. The number of aromatic nitrogens is 1. The molecule has 3 rings (SSSR count). The van der Waals surface area contributed by atoms with E-state index < -0.39 is 0 Å². The van der Waals surface area contributed by atoms with E-state index >= 15 is 0 Å². The Morgan fingerprint density at radius 2 is 1.81 bits per heavy atom. The van der Waals surface area contributed by atoms with Crippen molar-refractivity contribution in [3.8, 4) is 22.8 Å². The molecular weight excluding hydrogens is 368 g/mol. The van der Waals surface area contributed by atoms with Crippen LogP contribution in [0.1, 0.15) is 10.4 Å². The Bertz CT molecular complexity index is 907. The zero-order valence-electron chi connectivity index (χ0n) is 14.6. The minimum absolute atomic E-state index is 0.175. The molecule has 1 N–H and O–H groups in total. The molecule has 0 saturated carbocycles. The number of amides is 1. The van der Waals surface area contributed by atoms with Crippen molar-refractivity contribution >= 4 is 34.1 Å². The third kappa shape index (κ3) is 4.00. The van der Waals surface area contributed by atoms with Crippen LogP contribution < -0.4 is 14.8 Å². The van der Waals surface area contributed by atoms with Crippen molar-refractivity contribution in [1.29, 1.82) is 0 Å². The van der Waals surface area contributed by atoms with Crippen molar-refractivity contribution in [2.75, 3.05) is 25.8 Å². The van der Waals surface area contributed by atoms with Crippen LogP contribution in [0.5, 0.6) is 11.5 Å². The summed E-state index contributed by atoms with van der Waals surface area (Å²) < 4.78 is 10.6. The van der Waals surface area contributed by atoms with Gasteiger partial charge in [0, 0.05) is 21.4 Å². The SMILES string of the molecule is COc1ccc(-c2csc(NC(=O)c3ccc(SC)cc3)n2)cc1OC. The smallest absolute Gasteiger partial charge is 0.257 e. The number of hydrogen-bond donors (Lipinski definition) is 1. The fourth-order valence-corrected chi connectivity index (χ4v) is 3.49. The van der Waals surface area contributed by atoms with Crippen LogP contribution in [0.3, 0.4) is 0 Å². The van der Waals surface area contributed by atoms with Crippen molar-refractivity contribution in [3.05, 3.63) is 53.4 Å². The summed E-state index contributed by atoms with van der Waals surface area (Å²) >= 11 is 3.02. The van der Waals surface area contributed by atoms with Crippen LogP contribution >= 0.6 is 23.1 Å². The number of thiazole rings is 1. The molecular formula is C19H18N2O3S2. The normalized spacial score (nSPS) is 10.4. The second kappa shape index (κ2) is 8.25. The third-order valence-corrected chi connectivity index (χ3v) is 5.26. The molecule has 5 nitrogen and oxygen atoms in total. The van der Waals surface area contributed by atoms with Gasteiger partial charge in [0.2, 0.25) is 0 Å². The molecule has 0 aliphatic carbocycles. The van der Waals surface area contributed by atoms with Gasteiger partial charge in [0.05, 0.1) is 19.9 Å². The fourth-order valence-electron chi connectivity index (χ4n) is 2.37. The molecule has 0 fully saturated rings. The summed E-state index contributed by atoms with van der Waals surface area (Å²) in [6.07, 6.45) is 2.00. The molecule has 0 radical (unpaired) electrons. The van der Waals surface area contributed by atoms with Crippen LogP contribution in [0, 0.1) is 0 Å². The highest BCUT2D eigenvalue weighted by molar-refractivity contribution is 7.98. The van der Waals surface area contributed by atoms with E-state index in [0.717, 1.165) is 16.2 Å². The van der Waals surface area contributed by atoms with Gasteiger partial charge in [0.15, 0.2) is 16.6 Å². The van der Waals surface area contributed by atoms with E-state index in [1.807, 2.05) is 54.1 Å². The Morgan fingerprint density at radius 3 is 2.46 bits per heavy atom. The maximum absolute atomic E-state index is 12.4. The van der Waals surface area contributed by atoms with E-state index in [0.29, 0.717) is 22.2 Å². The number of nitrogens with one attached hydrogen (secondary N) is 1.